The first-order valence-electron chi connectivity index (χ1n) is 4.64. The lowest BCUT2D eigenvalue weighted by atomic mass is 9.88. The standard InChI is InChI=1S/C11H12ClF3/c1-7(8(2)11(13,14)15)9-3-5-10(12)6-4-9/h3-8H,1-2H3/t7-,8+/m0/s1. The zero-order valence-electron chi connectivity index (χ0n) is 8.48. The monoisotopic (exact) mass is 236 g/mol. The van der Waals surface area contributed by atoms with Gasteiger partial charge in [0.15, 0.2) is 0 Å². The van der Waals surface area contributed by atoms with Gasteiger partial charge in [0.05, 0.1) is 5.92 Å². The van der Waals surface area contributed by atoms with Gasteiger partial charge in [0.2, 0.25) is 0 Å². The van der Waals surface area contributed by atoms with Crippen molar-refractivity contribution in [1.29, 1.82) is 0 Å². The number of halogens is 4. The Kier molecular flexibility index (Phi) is 3.66. The van der Waals surface area contributed by atoms with Gasteiger partial charge in [0.25, 0.3) is 0 Å². The molecule has 0 unspecified atom stereocenters. The van der Waals surface area contributed by atoms with Crippen LogP contribution in [0.15, 0.2) is 24.3 Å². The first-order chi connectivity index (χ1) is 6.82. The van der Waals surface area contributed by atoms with Gasteiger partial charge < -0.3 is 0 Å². The summed E-state index contributed by atoms with van der Waals surface area (Å²) in [5, 5.41) is 0.533. The molecule has 0 bridgehead atoms. The Bertz CT molecular complexity index is 316. The van der Waals surface area contributed by atoms with Crippen LogP contribution in [-0.2, 0) is 0 Å². The van der Waals surface area contributed by atoms with Crippen LogP contribution in [0.3, 0.4) is 0 Å². The van der Waals surface area contributed by atoms with Crippen molar-refractivity contribution < 1.29 is 13.2 Å². The number of benzene rings is 1. The Morgan fingerprint density at radius 1 is 1.07 bits per heavy atom. The maximum absolute atomic E-state index is 12.4. The van der Waals surface area contributed by atoms with Gasteiger partial charge in [0, 0.05) is 5.02 Å². The van der Waals surface area contributed by atoms with E-state index in [-0.39, 0.29) is 0 Å². The highest BCUT2D eigenvalue weighted by atomic mass is 35.5. The third kappa shape index (κ3) is 3.13. The van der Waals surface area contributed by atoms with E-state index in [4.69, 9.17) is 11.6 Å². The zero-order valence-corrected chi connectivity index (χ0v) is 9.23. The molecule has 0 radical (unpaired) electrons. The number of hydrogen-bond acceptors (Lipinski definition) is 0. The van der Waals surface area contributed by atoms with Crippen LogP contribution in [0.1, 0.15) is 25.3 Å². The van der Waals surface area contributed by atoms with E-state index in [0.717, 1.165) is 0 Å². The topological polar surface area (TPSA) is 0 Å². The molecule has 0 aliphatic heterocycles. The van der Waals surface area contributed by atoms with Gasteiger partial charge in [-0.25, -0.2) is 0 Å². The fourth-order valence-electron chi connectivity index (χ4n) is 1.34. The second-order valence-corrected chi connectivity index (χ2v) is 4.11. The van der Waals surface area contributed by atoms with Crippen molar-refractivity contribution in [1.82, 2.24) is 0 Å². The van der Waals surface area contributed by atoms with Crippen LogP contribution in [-0.4, -0.2) is 6.18 Å². The molecule has 1 rings (SSSR count). The van der Waals surface area contributed by atoms with Crippen LogP contribution in [0.2, 0.25) is 5.02 Å². The third-order valence-corrected chi connectivity index (χ3v) is 2.91. The minimum Gasteiger partial charge on any atom is -0.171 e. The van der Waals surface area contributed by atoms with E-state index < -0.39 is 18.0 Å². The minimum atomic E-state index is -4.15. The van der Waals surface area contributed by atoms with Crippen molar-refractivity contribution in [3.63, 3.8) is 0 Å². The predicted octanol–water partition coefficient (Wildman–Crippen LogP) is 4.64. The van der Waals surface area contributed by atoms with Gasteiger partial charge in [0.1, 0.15) is 0 Å². The van der Waals surface area contributed by atoms with Crippen molar-refractivity contribution in [3.05, 3.63) is 34.9 Å². The average Bonchev–Trinajstić information content (AvgIpc) is 2.15. The average molecular weight is 237 g/mol. The Hall–Kier alpha value is -0.700. The van der Waals surface area contributed by atoms with Gasteiger partial charge in [-0.15, -0.1) is 0 Å². The number of rotatable bonds is 2. The van der Waals surface area contributed by atoms with E-state index in [0.29, 0.717) is 10.6 Å². The van der Waals surface area contributed by atoms with Gasteiger partial charge in [-0.1, -0.05) is 37.6 Å². The summed E-state index contributed by atoms with van der Waals surface area (Å²) >= 11 is 5.66. The van der Waals surface area contributed by atoms with Crippen LogP contribution >= 0.6 is 11.6 Å². The minimum absolute atomic E-state index is 0.533. The third-order valence-electron chi connectivity index (χ3n) is 2.66. The van der Waals surface area contributed by atoms with E-state index in [9.17, 15) is 13.2 Å². The summed E-state index contributed by atoms with van der Waals surface area (Å²) in [6, 6.07) is 6.48. The molecule has 84 valence electrons. The molecule has 15 heavy (non-hydrogen) atoms. The summed E-state index contributed by atoms with van der Waals surface area (Å²) in [6.07, 6.45) is -4.15. The van der Waals surface area contributed by atoms with E-state index in [1.807, 2.05) is 0 Å². The van der Waals surface area contributed by atoms with Crippen LogP contribution in [0.5, 0.6) is 0 Å². The number of hydrogen-bond donors (Lipinski definition) is 0. The molecule has 0 saturated heterocycles. The first kappa shape index (κ1) is 12.4. The first-order valence-corrected chi connectivity index (χ1v) is 5.02. The van der Waals surface area contributed by atoms with Crippen LogP contribution in [0.25, 0.3) is 0 Å². The quantitative estimate of drug-likeness (QED) is 0.702. The lowest BCUT2D eigenvalue weighted by Gasteiger charge is -2.22. The molecule has 1 aromatic rings. The van der Waals surface area contributed by atoms with Crippen molar-refractivity contribution in [2.24, 2.45) is 5.92 Å². The molecule has 4 heteroatoms. The van der Waals surface area contributed by atoms with Crippen LogP contribution < -0.4 is 0 Å². The molecule has 2 atom stereocenters. The van der Waals surface area contributed by atoms with Gasteiger partial charge in [-0.3, -0.25) is 0 Å². The van der Waals surface area contributed by atoms with Crippen molar-refractivity contribution >= 4 is 11.6 Å². The predicted molar refractivity (Wildman–Crippen MR) is 55.1 cm³/mol. The molecular weight excluding hydrogens is 225 g/mol. The van der Waals surface area contributed by atoms with E-state index >= 15 is 0 Å². The Balaban J connectivity index is 2.85. The smallest absolute Gasteiger partial charge is 0.171 e. The molecule has 0 heterocycles. The molecule has 0 saturated carbocycles. The second kappa shape index (κ2) is 4.44. The largest absolute Gasteiger partial charge is 0.392 e. The lowest BCUT2D eigenvalue weighted by Crippen LogP contribution is -2.24. The summed E-state index contributed by atoms with van der Waals surface area (Å²) in [4.78, 5) is 0. The highest BCUT2D eigenvalue weighted by molar-refractivity contribution is 6.30. The molecule has 0 aliphatic carbocycles. The molecule has 0 fully saturated rings. The van der Waals surface area contributed by atoms with Crippen molar-refractivity contribution in [2.75, 3.05) is 0 Å². The molecule has 1 aromatic carbocycles. The van der Waals surface area contributed by atoms with Gasteiger partial charge in [-0.2, -0.15) is 13.2 Å². The second-order valence-electron chi connectivity index (χ2n) is 3.67. The van der Waals surface area contributed by atoms with E-state index in [2.05, 4.69) is 0 Å². The summed E-state index contributed by atoms with van der Waals surface area (Å²) in [6.45, 7) is 2.76. The molecule has 0 aromatic heterocycles. The summed E-state index contributed by atoms with van der Waals surface area (Å²) < 4.78 is 37.3. The molecule has 0 amide bonds. The van der Waals surface area contributed by atoms with E-state index in [1.54, 1.807) is 31.2 Å². The van der Waals surface area contributed by atoms with Crippen LogP contribution in [0, 0.1) is 5.92 Å². The SMILES string of the molecule is C[C@H](c1ccc(Cl)cc1)[C@@H](C)C(F)(F)F. The normalized spacial score (nSPS) is 16.1. The van der Waals surface area contributed by atoms with Gasteiger partial charge in [-0.05, 0) is 23.6 Å². The lowest BCUT2D eigenvalue weighted by molar-refractivity contribution is -0.174. The molecule has 0 nitrogen and oxygen atoms in total. The zero-order chi connectivity index (χ0) is 11.6. The Morgan fingerprint density at radius 3 is 1.93 bits per heavy atom. The van der Waals surface area contributed by atoms with Gasteiger partial charge >= 0.3 is 6.18 Å². The fourth-order valence-corrected chi connectivity index (χ4v) is 1.46. The highest BCUT2D eigenvalue weighted by Gasteiger charge is 2.39. The Morgan fingerprint density at radius 2 is 1.53 bits per heavy atom. The van der Waals surface area contributed by atoms with E-state index in [1.165, 1.54) is 6.92 Å². The summed E-state index contributed by atoms with van der Waals surface area (Å²) in [5.74, 6) is -1.90. The molecule has 0 N–H and O–H groups in total. The van der Waals surface area contributed by atoms with Crippen molar-refractivity contribution in [3.8, 4) is 0 Å². The highest BCUT2D eigenvalue weighted by Crippen LogP contribution is 2.37. The van der Waals surface area contributed by atoms with Crippen molar-refractivity contribution in [2.45, 2.75) is 25.9 Å². The summed E-state index contributed by atoms with van der Waals surface area (Å²) in [7, 11) is 0. The maximum atomic E-state index is 12.4. The number of alkyl halides is 3. The maximum Gasteiger partial charge on any atom is 0.392 e. The van der Waals surface area contributed by atoms with Crippen LogP contribution in [0.4, 0.5) is 13.2 Å². The summed E-state index contributed by atoms with van der Waals surface area (Å²) in [5.41, 5.74) is 0.657. The Labute approximate surface area is 92.1 Å². The molecule has 0 spiro atoms. The molecular formula is C11H12ClF3. The fraction of sp³-hybridized carbons (Fsp3) is 0.455. The molecule has 0 aliphatic rings.